The summed E-state index contributed by atoms with van der Waals surface area (Å²) in [6.07, 6.45) is 0.490. The molecule has 0 saturated heterocycles. The fourth-order valence-corrected chi connectivity index (χ4v) is 4.57. The highest BCUT2D eigenvalue weighted by Gasteiger charge is 2.19. The van der Waals surface area contributed by atoms with Crippen LogP contribution in [0.4, 0.5) is 19.5 Å². The molecule has 0 aliphatic heterocycles. The van der Waals surface area contributed by atoms with Gasteiger partial charge in [-0.15, -0.1) is 23.7 Å². The van der Waals surface area contributed by atoms with Gasteiger partial charge in [0.05, 0.1) is 23.2 Å². The van der Waals surface area contributed by atoms with E-state index in [2.05, 4.69) is 10.1 Å². The molecule has 0 aliphatic carbocycles. The van der Waals surface area contributed by atoms with Crippen molar-refractivity contribution in [2.75, 3.05) is 18.2 Å². The normalized spacial score (nSPS) is 10.6. The molecule has 1 amide bonds. The molecule has 0 atom stereocenters. The molecule has 0 radical (unpaired) electrons. The maximum absolute atomic E-state index is 14.7. The van der Waals surface area contributed by atoms with Crippen LogP contribution >= 0.6 is 23.7 Å². The number of ether oxygens (including phenoxy) is 1. The van der Waals surface area contributed by atoms with Crippen LogP contribution in [0.1, 0.15) is 31.8 Å². The van der Waals surface area contributed by atoms with Crippen molar-refractivity contribution in [2.24, 2.45) is 0 Å². The second-order valence-corrected chi connectivity index (χ2v) is 8.48. The largest absolute Gasteiger partial charge is 0.465 e. The number of carbonyl (C=O) groups excluding carboxylic acids is 2. The molecule has 3 N–H and O–H groups in total. The molecule has 4 rings (SSSR count). The fourth-order valence-electron chi connectivity index (χ4n) is 3.60. The molecule has 0 unspecified atom stereocenters. The number of halogens is 3. The van der Waals surface area contributed by atoms with Crippen LogP contribution in [-0.4, -0.2) is 19.0 Å². The van der Waals surface area contributed by atoms with Crippen molar-refractivity contribution in [3.05, 3.63) is 94.6 Å². The van der Waals surface area contributed by atoms with E-state index in [-0.39, 0.29) is 35.6 Å². The van der Waals surface area contributed by atoms with Gasteiger partial charge in [0.25, 0.3) is 5.91 Å². The Morgan fingerprint density at radius 1 is 1.00 bits per heavy atom. The van der Waals surface area contributed by atoms with Crippen LogP contribution in [0.15, 0.2) is 60.7 Å². The molecule has 4 aromatic rings. The topological polar surface area (TPSA) is 81.4 Å². The fraction of sp³-hybridized carbons (Fsp3) is 0.120. The average Bonchev–Trinajstić information content (AvgIpc) is 3.14. The lowest BCUT2D eigenvalue weighted by Gasteiger charge is -2.10. The number of aryl methyl sites for hydroxylation is 1. The molecule has 0 spiro atoms. The summed E-state index contributed by atoms with van der Waals surface area (Å²) in [7, 11) is 1.30. The highest BCUT2D eigenvalue weighted by Crippen LogP contribution is 2.34. The number of hydrogen-bond acceptors (Lipinski definition) is 5. The minimum atomic E-state index is -0.750. The number of carbonyl (C=O) groups is 2. The quantitative estimate of drug-likeness (QED) is 0.316. The van der Waals surface area contributed by atoms with Gasteiger partial charge in [-0.05, 0) is 48.7 Å². The van der Waals surface area contributed by atoms with Crippen molar-refractivity contribution in [3.63, 3.8) is 0 Å². The molecule has 1 aromatic heterocycles. The molecule has 1 heterocycles. The maximum atomic E-state index is 14.7. The van der Waals surface area contributed by atoms with Crippen LogP contribution in [0.5, 0.6) is 0 Å². The zero-order valence-corrected chi connectivity index (χ0v) is 19.7. The van der Waals surface area contributed by atoms with E-state index in [1.54, 1.807) is 36.4 Å². The van der Waals surface area contributed by atoms with Crippen molar-refractivity contribution in [3.8, 4) is 0 Å². The highest BCUT2D eigenvalue weighted by atomic mass is 35.5. The van der Waals surface area contributed by atoms with Crippen LogP contribution in [0.25, 0.3) is 10.1 Å². The van der Waals surface area contributed by atoms with Crippen molar-refractivity contribution in [2.45, 2.75) is 12.8 Å². The molecule has 176 valence electrons. The minimum absolute atomic E-state index is 0. The standard InChI is InChI=1S/C25H20F2N2O3S.ClH/c1-32-25(31)15-9-6-14(7-10-15)8-11-17-19(26)12-16(13-20(17)27)29-24(30)22-18-4-2-3-5-21(18)33-23(22)28;/h2-7,9-10,12-13H,8,11,28H2,1H3,(H,29,30);1H. The van der Waals surface area contributed by atoms with Gasteiger partial charge < -0.3 is 15.8 Å². The first-order valence-corrected chi connectivity index (χ1v) is 10.9. The number of methoxy groups -OCH3 is 1. The van der Waals surface area contributed by atoms with Crippen LogP contribution in [0, 0.1) is 11.6 Å². The summed E-state index contributed by atoms with van der Waals surface area (Å²) < 4.78 is 34.9. The molecule has 5 nitrogen and oxygen atoms in total. The third-order valence-electron chi connectivity index (χ3n) is 5.29. The lowest BCUT2D eigenvalue weighted by Crippen LogP contribution is -2.14. The van der Waals surface area contributed by atoms with Crippen LogP contribution in [-0.2, 0) is 17.6 Å². The Balaban J connectivity index is 0.00000324. The van der Waals surface area contributed by atoms with E-state index in [0.29, 0.717) is 22.4 Å². The monoisotopic (exact) mass is 502 g/mol. The van der Waals surface area contributed by atoms with E-state index in [1.165, 1.54) is 18.4 Å². The average molecular weight is 503 g/mol. The van der Waals surface area contributed by atoms with E-state index in [9.17, 15) is 18.4 Å². The summed E-state index contributed by atoms with van der Waals surface area (Å²) in [6.45, 7) is 0. The summed E-state index contributed by atoms with van der Waals surface area (Å²) in [5.41, 5.74) is 7.44. The zero-order valence-electron chi connectivity index (χ0n) is 18.1. The number of hydrogen-bond donors (Lipinski definition) is 2. The van der Waals surface area contributed by atoms with Crippen molar-refractivity contribution >= 4 is 56.4 Å². The Morgan fingerprint density at radius 3 is 2.29 bits per heavy atom. The molecule has 0 bridgehead atoms. The molecule has 3 aromatic carbocycles. The number of nitrogens with one attached hydrogen (secondary N) is 1. The lowest BCUT2D eigenvalue weighted by atomic mass is 10.0. The number of thiophene rings is 1. The van der Waals surface area contributed by atoms with Crippen LogP contribution < -0.4 is 11.1 Å². The van der Waals surface area contributed by atoms with Crippen molar-refractivity contribution in [1.82, 2.24) is 0 Å². The highest BCUT2D eigenvalue weighted by molar-refractivity contribution is 7.23. The third kappa shape index (κ3) is 5.18. The summed E-state index contributed by atoms with van der Waals surface area (Å²) in [4.78, 5) is 24.3. The Hall–Kier alpha value is -3.49. The first kappa shape index (κ1) is 25.1. The second kappa shape index (κ2) is 10.6. The number of fused-ring (bicyclic) bond motifs is 1. The predicted octanol–water partition coefficient (Wildman–Crippen LogP) is 6.01. The Kier molecular flexibility index (Phi) is 7.86. The van der Waals surface area contributed by atoms with E-state index in [1.807, 2.05) is 12.1 Å². The van der Waals surface area contributed by atoms with Gasteiger partial charge in [-0.25, -0.2) is 13.6 Å². The number of nitrogen functional groups attached to an aromatic ring is 1. The summed E-state index contributed by atoms with van der Waals surface area (Å²) >= 11 is 1.28. The van der Waals surface area contributed by atoms with Gasteiger partial charge in [0.15, 0.2) is 0 Å². The molecule has 0 aliphatic rings. The Bertz CT molecular complexity index is 1330. The smallest absolute Gasteiger partial charge is 0.337 e. The predicted molar refractivity (Wildman–Crippen MR) is 133 cm³/mol. The summed E-state index contributed by atoms with van der Waals surface area (Å²) in [5.74, 6) is -2.48. The van der Waals surface area contributed by atoms with Crippen molar-refractivity contribution in [1.29, 1.82) is 0 Å². The molecular weight excluding hydrogens is 482 g/mol. The van der Waals surface area contributed by atoms with E-state index < -0.39 is 23.5 Å². The number of anilines is 2. The van der Waals surface area contributed by atoms with Crippen LogP contribution in [0.3, 0.4) is 0 Å². The number of rotatable bonds is 6. The maximum Gasteiger partial charge on any atom is 0.337 e. The second-order valence-electron chi connectivity index (χ2n) is 7.40. The number of nitrogens with two attached hydrogens (primary N) is 1. The third-order valence-corrected chi connectivity index (χ3v) is 6.29. The zero-order chi connectivity index (χ0) is 23.5. The first-order valence-electron chi connectivity index (χ1n) is 10.1. The lowest BCUT2D eigenvalue weighted by molar-refractivity contribution is 0.0600. The number of benzene rings is 3. The molecular formula is C25H21ClF2N2O3S. The van der Waals surface area contributed by atoms with Gasteiger partial charge in [0.1, 0.15) is 11.6 Å². The minimum Gasteiger partial charge on any atom is -0.465 e. The SMILES string of the molecule is COC(=O)c1ccc(CCc2c(F)cc(NC(=O)c3c(N)sc4ccccc34)cc2F)cc1.Cl. The molecule has 9 heteroatoms. The van der Waals surface area contributed by atoms with Crippen molar-refractivity contribution < 1.29 is 23.1 Å². The molecule has 0 fully saturated rings. The van der Waals surface area contributed by atoms with Gasteiger partial charge in [0.2, 0.25) is 0 Å². The van der Waals surface area contributed by atoms with E-state index >= 15 is 0 Å². The summed E-state index contributed by atoms with van der Waals surface area (Å²) in [6, 6.07) is 16.1. The number of esters is 1. The Morgan fingerprint density at radius 2 is 1.65 bits per heavy atom. The summed E-state index contributed by atoms with van der Waals surface area (Å²) in [5, 5.41) is 3.57. The van der Waals surface area contributed by atoms with E-state index in [4.69, 9.17) is 5.73 Å². The first-order chi connectivity index (χ1) is 15.9. The molecule has 0 saturated carbocycles. The van der Waals surface area contributed by atoms with Gasteiger partial charge in [0, 0.05) is 21.3 Å². The van der Waals surface area contributed by atoms with Gasteiger partial charge in [-0.2, -0.15) is 0 Å². The Labute approximate surface area is 205 Å². The molecule has 34 heavy (non-hydrogen) atoms. The van der Waals surface area contributed by atoms with Gasteiger partial charge in [-0.3, -0.25) is 4.79 Å². The van der Waals surface area contributed by atoms with Gasteiger partial charge in [-0.1, -0.05) is 30.3 Å². The number of amides is 1. The van der Waals surface area contributed by atoms with Gasteiger partial charge >= 0.3 is 5.97 Å². The van der Waals surface area contributed by atoms with E-state index in [0.717, 1.165) is 22.4 Å². The van der Waals surface area contributed by atoms with Crippen LogP contribution in [0.2, 0.25) is 0 Å².